The van der Waals surface area contributed by atoms with Crippen molar-refractivity contribution in [2.45, 2.75) is 19.9 Å². The molecular weight excluding hydrogens is 461 g/mol. The Hall–Kier alpha value is -1.42. The molecule has 0 saturated carbocycles. The zero-order valence-corrected chi connectivity index (χ0v) is 19.2. The van der Waals surface area contributed by atoms with E-state index in [0.717, 1.165) is 44.2 Å². The Bertz CT molecular complexity index is 582. The first kappa shape index (κ1) is 23.6. The summed E-state index contributed by atoms with van der Waals surface area (Å²) < 4.78 is 21.7. The summed E-state index contributed by atoms with van der Waals surface area (Å²) in [5.74, 6) is 3.31. The summed E-state index contributed by atoms with van der Waals surface area (Å²) in [7, 11) is 6.90. The standard InChI is InChI=1S/C19H31N3O4.HI/c1-6-20-19(22(2)12-14-7-8-26-13-14)21-11-15-9-16(23-3)18(25-5)17(10-15)24-4;/h9-10,14H,6-8,11-13H2,1-5H3,(H,20,21);1H. The molecule has 0 amide bonds. The molecule has 1 unspecified atom stereocenters. The van der Waals surface area contributed by atoms with Gasteiger partial charge in [0.2, 0.25) is 5.75 Å². The van der Waals surface area contributed by atoms with Crippen molar-refractivity contribution in [3.63, 3.8) is 0 Å². The Labute approximate surface area is 179 Å². The van der Waals surface area contributed by atoms with Gasteiger partial charge in [-0.2, -0.15) is 0 Å². The lowest BCUT2D eigenvalue weighted by molar-refractivity contribution is 0.181. The van der Waals surface area contributed by atoms with Crippen molar-refractivity contribution in [3.05, 3.63) is 17.7 Å². The van der Waals surface area contributed by atoms with Gasteiger partial charge in [-0.1, -0.05) is 0 Å². The molecule has 1 atom stereocenters. The highest BCUT2D eigenvalue weighted by molar-refractivity contribution is 14.0. The van der Waals surface area contributed by atoms with Gasteiger partial charge >= 0.3 is 0 Å². The molecule has 154 valence electrons. The molecule has 0 spiro atoms. The molecular formula is C19H32IN3O4. The summed E-state index contributed by atoms with van der Waals surface area (Å²) in [5, 5.41) is 3.35. The highest BCUT2D eigenvalue weighted by Gasteiger charge is 2.19. The van der Waals surface area contributed by atoms with E-state index in [1.165, 1.54) is 0 Å². The van der Waals surface area contributed by atoms with Gasteiger partial charge < -0.3 is 29.2 Å². The van der Waals surface area contributed by atoms with E-state index in [-0.39, 0.29) is 24.0 Å². The molecule has 7 nitrogen and oxygen atoms in total. The van der Waals surface area contributed by atoms with Gasteiger partial charge in [-0.3, -0.25) is 0 Å². The number of rotatable bonds is 8. The topological polar surface area (TPSA) is 64.6 Å². The molecule has 8 heteroatoms. The maximum absolute atomic E-state index is 5.47. The van der Waals surface area contributed by atoms with Crippen molar-refractivity contribution in [1.82, 2.24) is 10.2 Å². The monoisotopic (exact) mass is 493 g/mol. The molecule has 1 aromatic carbocycles. The fourth-order valence-corrected chi connectivity index (χ4v) is 3.06. The third-order valence-electron chi connectivity index (χ3n) is 4.39. The molecule has 0 radical (unpaired) electrons. The quantitative estimate of drug-likeness (QED) is 0.342. The van der Waals surface area contributed by atoms with Gasteiger partial charge in [0, 0.05) is 32.7 Å². The lowest BCUT2D eigenvalue weighted by Gasteiger charge is -2.24. The molecule has 1 heterocycles. The fourth-order valence-electron chi connectivity index (χ4n) is 3.06. The third kappa shape index (κ3) is 6.60. The van der Waals surface area contributed by atoms with Crippen LogP contribution in [0, 0.1) is 5.92 Å². The first-order valence-corrected chi connectivity index (χ1v) is 8.99. The van der Waals surface area contributed by atoms with Crippen LogP contribution in [0.4, 0.5) is 0 Å². The highest BCUT2D eigenvalue weighted by Crippen LogP contribution is 2.38. The summed E-state index contributed by atoms with van der Waals surface area (Å²) >= 11 is 0. The number of methoxy groups -OCH3 is 3. The summed E-state index contributed by atoms with van der Waals surface area (Å²) in [4.78, 5) is 6.94. The van der Waals surface area contributed by atoms with Crippen LogP contribution in [0.3, 0.4) is 0 Å². The average molecular weight is 493 g/mol. The van der Waals surface area contributed by atoms with Crippen molar-refractivity contribution < 1.29 is 18.9 Å². The van der Waals surface area contributed by atoms with Crippen molar-refractivity contribution in [3.8, 4) is 17.2 Å². The summed E-state index contributed by atoms with van der Waals surface area (Å²) in [6.45, 7) is 6.03. The van der Waals surface area contributed by atoms with Gasteiger partial charge in [0.25, 0.3) is 0 Å². The SMILES string of the molecule is CCNC(=NCc1cc(OC)c(OC)c(OC)c1)N(C)CC1CCOC1.I. The molecule has 1 fully saturated rings. The Morgan fingerprint density at radius 2 is 1.89 bits per heavy atom. The van der Waals surface area contributed by atoms with Crippen LogP contribution >= 0.6 is 24.0 Å². The predicted octanol–water partition coefficient (Wildman–Crippen LogP) is 2.76. The smallest absolute Gasteiger partial charge is 0.203 e. The minimum Gasteiger partial charge on any atom is -0.493 e. The number of benzene rings is 1. The Kier molecular flexibility index (Phi) is 10.6. The normalized spacial score (nSPS) is 16.5. The zero-order valence-electron chi connectivity index (χ0n) is 16.9. The summed E-state index contributed by atoms with van der Waals surface area (Å²) in [5.41, 5.74) is 0.993. The lowest BCUT2D eigenvalue weighted by Crippen LogP contribution is -2.41. The molecule has 0 aromatic heterocycles. The molecule has 1 saturated heterocycles. The fraction of sp³-hybridized carbons (Fsp3) is 0.632. The van der Waals surface area contributed by atoms with Crippen molar-refractivity contribution in [2.24, 2.45) is 10.9 Å². The van der Waals surface area contributed by atoms with Crippen molar-refractivity contribution in [2.75, 3.05) is 54.7 Å². The maximum atomic E-state index is 5.47. The second-order valence-corrected chi connectivity index (χ2v) is 6.31. The van der Waals surface area contributed by atoms with Crippen LogP contribution in [0.15, 0.2) is 17.1 Å². The number of hydrogen-bond donors (Lipinski definition) is 1. The van der Waals surface area contributed by atoms with E-state index >= 15 is 0 Å². The molecule has 1 N–H and O–H groups in total. The average Bonchev–Trinajstić information content (AvgIpc) is 3.16. The Balaban J connectivity index is 0.00000364. The molecule has 2 rings (SSSR count). The number of ether oxygens (including phenoxy) is 4. The van der Waals surface area contributed by atoms with E-state index < -0.39 is 0 Å². The van der Waals surface area contributed by atoms with Crippen LogP contribution in [-0.2, 0) is 11.3 Å². The predicted molar refractivity (Wildman–Crippen MR) is 118 cm³/mol. The van der Waals surface area contributed by atoms with Gasteiger partial charge in [0.05, 0.1) is 34.5 Å². The van der Waals surface area contributed by atoms with Crippen LogP contribution in [0.25, 0.3) is 0 Å². The molecule has 1 aliphatic rings. The molecule has 0 aliphatic carbocycles. The number of nitrogens with zero attached hydrogens (tertiary/aromatic N) is 2. The Morgan fingerprint density at radius 3 is 2.37 bits per heavy atom. The van der Waals surface area contributed by atoms with Gasteiger partial charge in [-0.15, -0.1) is 24.0 Å². The van der Waals surface area contributed by atoms with Crippen LogP contribution in [-0.4, -0.2) is 65.5 Å². The number of aliphatic imine (C=N–C) groups is 1. The number of nitrogens with one attached hydrogen (secondary N) is 1. The van der Waals surface area contributed by atoms with E-state index in [9.17, 15) is 0 Å². The number of halogens is 1. The van der Waals surface area contributed by atoms with E-state index in [4.69, 9.17) is 23.9 Å². The molecule has 1 aromatic rings. The maximum Gasteiger partial charge on any atom is 0.203 e. The number of guanidine groups is 1. The number of hydrogen-bond acceptors (Lipinski definition) is 5. The zero-order chi connectivity index (χ0) is 18.9. The van der Waals surface area contributed by atoms with E-state index in [2.05, 4.69) is 24.2 Å². The van der Waals surface area contributed by atoms with E-state index in [1.54, 1.807) is 21.3 Å². The minimum absolute atomic E-state index is 0. The lowest BCUT2D eigenvalue weighted by atomic mass is 10.1. The van der Waals surface area contributed by atoms with Gasteiger partial charge in [-0.05, 0) is 31.0 Å². The van der Waals surface area contributed by atoms with Crippen molar-refractivity contribution in [1.29, 1.82) is 0 Å². The third-order valence-corrected chi connectivity index (χ3v) is 4.39. The molecule has 0 bridgehead atoms. The summed E-state index contributed by atoms with van der Waals surface area (Å²) in [6.07, 6.45) is 1.11. The van der Waals surface area contributed by atoms with Gasteiger partial charge in [0.15, 0.2) is 17.5 Å². The largest absolute Gasteiger partial charge is 0.493 e. The minimum atomic E-state index is 0. The molecule has 27 heavy (non-hydrogen) atoms. The van der Waals surface area contributed by atoms with Crippen LogP contribution < -0.4 is 19.5 Å². The van der Waals surface area contributed by atoms with Crippen LogP contribution in [0.2, 0.25) is 0 Å². The second kappa shape index (κ2) is 12.1. The van der Waals surface area contributed by atoms with Crippen LogP contribution in [0.1, 0.15) is 18.9 Å². The Morgan fingerprint density at radius 1 is 1.22 bits per heavy atom. The highest BCUT2D eigenvalue weighted by atomic mass is 127. The summed E-state index contributed by atoms with van der Waals surface area (Å²) in [6, 6.07) is 3.86. The molecule has 1 aliphatic heterocycles. The van der Waals surface area contributed by atoms with Crippen molar-refractivity contribution >= 4 is 29.9 Å². The first-order valence-electron chi connectivity index (χ1n) is 8.99. The van der Waals surface area contributed by atoms with Crippen LogP contribution in [0.5, 0.6) is 17.2 Å². The van der Waals surface area contributed by atoms with Gasteiger partial charge in [-0.25, -0.2) is 4.99 Å². The van der Waals surface area contributed by atoms with E-state index in [0.29, 0.717) is 29.7 Å². The second-order valence-electron chi connectivity index (χ2n) is 6.31. The van der Waals surface area contributed by atoms with Gasteiger partial charge in [0.1, 0.15) is 0 Å². The first-order chi connectivity index (χ1) is 12.6. The van der Waals surface area contributed by atoms with E-state index in [1.807, 2.05) is 12.1 Å².